The van der Waals surface area contributed by atoms with Crippen molar-refractivity contribution in [1.82, 2.24) is 19.8 Å². The molecule has 21 heavy (non-hydrogen) atoms. The first-order valence-electron chi connectivity index (χ1n) is 7.33. The lowest BCUT2D eigenvalue weighted by Gasteiger charge is -2.21. The average Bonchev–Trinajstić information content (AvgIpc) is 3.17. The molecular weight excluding hydrogens is 268 g/mol. The Balaban J connectivity index is 1.83. The van der Waals surface area contributed by atoms with Gasteiger partial charge in [-0.2, -0.15) is 5.10 Å². The van der Waals surface area contributed by atoms with E-state index in [0.29, 0.717) is 11.6 Å². The molecule has 2 aromatic heterocycles. The summed E-state index contributed by atoms with van der Waals surface area (Å²) in [5.41, 5.74) is 1.41. The molecule has 0 spiro atoms. The van der Waals surface area contributed by atoms with Crippen molar-refractivity contribution in [2.75, 3.05) is 6.54 Å². The lowest BCUT2D eigenvalue weighted by Crippen LogP contribution is -2.30. The van der Waals surface area contributed by atoms with Gasteiger partial charge in [0.1, 0.15) is 5.69 Å². The van der Waals surface area contributed by atoms with Gasteiger partial charge in [0.2, 0.25) is 0 Å². The first-order valence-corrected chi connectivity index (χ1v) is 7.33. The summed E-state index contributed by atoms with van der Waals surface area (Å²) >= 11 is 0. The molecule has 1 atom stereocenters. The summed E-state index contributed by atoms with van der Waals surface area (Å²) in [6, 6.07) is 3.69. The lowest BCUT2D eigenvalue weighted by molar-refractivity contribution is 0.0707. The van der Waals surface area contributed by atoms with E-state index >= 15 is 0 Å². The van der Waals surface area contributed by atoms with Crippen LogP contribution in [0.15, 0.2) is 22.9 Å². The van der Waals surface area contributed by atoms with Gasteiger partial charge in [0, 0.05) is 25.9 Å². The van der Waals surface area contributed by atoms with Crippen LogP contribution in [0.25, 0.3) is 0 Å². The Labute approximate surface area is 123 Å². The maximum Gasteiger partial charge on any atom is 0.274 e. The van der Waals surface area contributed by atoms with Crippen LogP contribution in [0.4, 0.5) is 0 Å². The quantitative estimate of drug-likeness (QED) is 0.870. The van der Waals surface area contributed by atoms with E-state index in [1.54, 1.807) is 16.9 Å². The predicted molar refractivity (Wildman–Crippen MR) is 76.8 cm³/mol. The minimum absolute atomic E-state index is 0.0282. The fourth-order valence-electron chi connectivity index (χ4n) is 2.71. The van der Waals surface area contributed by atoms with Crippen LogP contribution < -0.4 is 0 Å². The molecule has 1 saturated heterocycles. The van der Waals surface area contributed by atoms with Crippen LogP contribution in [0.1, 0.15) is 60.6 Å². The molecule has 112 valence electrons. The zero-order valence-electron chi connectivity index (χ0n) is 12.6. The Morgan fingerprint density at radius 2 is 2.29 bits per heavy atom. The maximum atomic E-state index is 12.6. The lowest BCUT2D eigenvalue weighted by atomic mass is 10.1. The summed E-state index contributed by atoms with van der Waals surface area (Å²) in [5.74, 6) is 1.06. The smallest absolute Gasteiger partial charge is 0.274 e. The Morgan fingerprint density at radius 1 is 1.48 bits per heavy atom. The molecule has 1 aliphatic rings. The number of amides is 1. The van der Waals surface area contributed by atoms with Crippen LogP contribution in [0.3, 0.4) is 0 Å². The van der Waals surface area contributed by atoms with Crippen LogP contribution in [-0.4, -0.2) is 32.3 Å². The maximum absolute atomic E-state index is 12.6. The molecule has 1 fully saturated rings. The van der Waals surface area contributed by atoms with Crippen LogP contribution in [0, 0.1) is 0 Å². The Morgan fingerprint density at radius 3 is 2.90 bits per heavy atom. The molecule has 2 aromatic rings. The fraction of sp³-hybridized carbons (Fsp3) is 0.533. The van der Waals surface area contributed by atoms with Crippen LogP contribution >= 0.6 is 0 Å². The summed E-state index contributed by atoms with van der Waals surface area (Å²) in [6.07, 6.45) is 3.66. The molecule has 1 aliphatic heterocycles. The van der Waals surface area contributed by atoms with E-state index in [0.717, 1.165) is 30.8 Å². The van der Waals surface area contributed by atoms with Gasteiger partial charge in [-0.15, -0.1) is 0 Å². The standard InChI is InChI=1S/C15H20N4O2/c1-10(2)12-9-14(21-17-12)13-5-4-7-19(13)15(20)11-6-8-18(3)16-11/h6,8-10,13H,4-5,7H2,1-3H3/t13-/m1/s1. The molecule has 0 aromatic carbocycles. The van der Waals surface area contributed by atoms with Crippen molar-refractivity contribution in [2.24, 2.45) is 7.05 Å². The summed E-state index contributed by atoms with van der Waals surface area (Å²) in [4.78, 5) is 14.4. The van der Waals surface area contributed by atoms with Gasteiger partial charge >= 0.3 is 0 Å². The number of aryl methyl sites for hydroxylation is 1. The third kappa shape index (κ3) is 2.57. The van der Waals surface area contributed by atoms with Gasteiger partial charge in [-0.1, -0.05) is 19.0 Å². The van der Waals surface area contributed by atoms with Gasteiger partial charge in [-0.25, -0.2) is 0 Å². The van der Waals surface area contributed by atoms with E-state index in [-0.39, 0.29) is 11.9 Å². The highest BCUT2D eigenvalue weighted by Crippen LogP contribution is 2.34. The predicted octanol–water partition coefficient (Wildman–Crippen LogP) is 2.51. The normalized spacial score (nSPS) is 18.7. The molecule has 0 saturated carbocycles. The molecule has 0 bridgehead atoms. The van der Waals surface area contributed by atoms with Gasteiger partial charge < -0.3 is 9.42 Å². The summed E-state index contributed by atoms with van der Waals surface area (Å²) in [7, 11) is 1.81. The third-order valence-corrected chi connectivity index (χ3v) is 3.91. The SMILES string of the molecule is CC(C)c1cc([C@H]2CCCN2C(=O)c2ccn(C)n2)on1. The summed E-state index contributed by atoms with van der Waals surface area (Å²) < 4.78 is 7.10. The molecule has 1 amide bonds. The van der Waals surface area contributed by atoms with Gasteiger partial charge in [-0.05, 0) is 24.8 Å². The highest BCUT2D eigenvalue weighted by atomic mass is 16.5. The van der Waals surface area contributed by atoms with Crippen LogP contribution in [0.5, 0.6) is 0 Å². The minimum Gasteiger partial charge on any atom is -0.359 e. The zero-order chi connectivity index (χ0) is 15.0. The fourth-order valence-corrected chi connectivity index (χ4v) is 2.71. The highest BCUT2D eigenvalue weighted by molar-refractivity contribution is 5.92. The zero-order valence-corrected chi connectivity index (χ0v) is 12.6. The van der Waals surface area contributed by atoms with E-state index in [1.807, 2.05) is 18.0 Å². The number of carbonyl (C=O) groups is 1. The van der Waals surface area contributed by atoms with Crippen molar-refractivity contribution in [1.29, 1.82) is 0 Å². The third-order valence-electron chi connectivity index (χ3n) is 3.91. The van der Waals surface area contributed by atoms with E-state index in [2.05, 4.69) is 24.1 Å². The minimum atomic E-state index is -0.0411. The van der Waals surface area contributed by atoms with Crippen molar-refractivity contribution in [2.45, 2.75) is 38.6 Å². The number of hydrogen-bond donors (Lipinski definition) is 0. The topological polar surface area (TPSA) is 64.2 Å². The monoisotopic (exact) mass is 288 g/mol. The van der Waals surface area contributed by atoms with E-state index in [9.17, 15) is 4.79 Å². The molecule has 0 unspecified atom stereocenters. The van der Waals surface area contributed by atoms with Gasteiger partial charge in [0.25, 0.3) is 5.91 Å². The molecule has 0 radical (unpaired) electrons. The van der Waals surface area contributed by atoms with Gasteiger partial charge in [0.05, 0.1) is 11.7 Å². The Bertz CT molecular complexity index is 644. The molecule has 6 nitrogen and oxygen atoms in total. The van der Waals surface area contributed by atoms with Crippen molar-refractivity contribution in [3.05, 3.63) is 35.5 Å². The average molecular weight is 288 g/mol. The second kappa shape index (κ2) is 5.35. The number of rotatable bonds is 3. The number of nitrogens with zero attached hydrogens (tertiary/aromatic N) is 4. The first kappa shape index (κ1) is 13.9. The summed E-state index contributed by atoms with van der Waals surface area (Å²) in [5, 5.41) is 8.29. The van der Waals surface area contributed by atoms with Gasteiger partial charge in [0.15, 0.2) is 5.76 Å². The van der Waals surface area contributed by atoms with E-state index in [1.165, 1.54) is 0 Å². The molecule has 3 rings (SSSR count). The second-order valence-corrected chi connectivity index (χ2v) is 5.84. The van der Waals surface area contributed by atoms with Crippen molar-refractivity contribution in [3.63, 3.8) is 0 Å². The molecule has 3 heterocycles. The van der Waals surface area contributed by atoms with E-state index in [4.69, 9.17) is 4.52 Å². The largest absolute Gasteiger partial charge is 0.359 e. The molecule has 6 heteroatoms. The number of carbonyl (C=O) groups excluding carboxylic acids is 1. The number of hydrogen-bond acceptors (Lipinski definition) is 4. The Hall–Kier alpha value is -2.11. The molecular formula is C15H20N4O2. The van der Waals surface area contributed by atoms with Crippen LogP contribution in [0.2, 0.25) is 0 Å². The van der Waals surface area contributed by atoms with E-state index < -0.39 is 0 Å². The summed E-state index contributed by atoms with van der Waals surface area (Å²) in [6.45, 7) is 4.89. The second-order valence-electron chi connectivity index (χ2n) is 5.84. The van der Waals surface area contributed by atoms with Crippen molar-refractivity contribution < 1.29 is 9.32 Å². The van der Waals surface area contributed by atoms with Gasteiger partial charge in [-0.3, -0.25) is 9.48 Å². The molecule has 0 aliphatic carbocycles. The Kier molecular flexibility index (Phi) is 3.53. The van der Waals surface area contributed by atoms with Crippen molar-refractivity contribution >= 4 is 5.91 Å². The van der Waals surface area contributed by atoms with Crippen molar-refractivity contribution in [3.8, 4) is 0 Å². The molecule has 0 N–H and O–H groups in total. The van der Waals surface area contributed by atoms with Crippen LogP contribution in [-0.2, 0) is 7.05 Å². The number of likely N-dealkylation sites (tertiary alicyclic amines) is 1. The number of aromatic nitrogens is 3. The highest BCUT2D eigenvalue weighted by Gasteiger charge is 2.34. The first-order chi connectivity index (χ1) is 10.1.